The molecule has 7 nitrogen and oxygen atoms in total. The molecule has 0 saturated heterocycles. The summed E-state index contributed by atoms with van der Waals surface area (Å²) in [6, 6.07) is 6.73. The van der Waals surface area contributed by atoms with Crippen molar-refractivity contribution in [1.29, 1.82) is 0 Å². The van der Waals surface area contributed by atoms with Gasteiger partial charge in [-0.3, -0.25) is 9.59 Å². The van der Waals surface area contributed by atoms with E-state index in [0.717, 1.165) is 5.39 Å². The third-order valence-corrected chi connectivity index (χ3v) is 2.71. The average molecular weight is 291 g/mol. The smallest absolute Gasteiger partial charge is 0.336 e. The van der Waals surface area contributed by atoms with Crippen LogP contribution in [0.25, 0.3) is 11.0 Å². The fraction of sp³-hybridized carbons (Fsp3) is 0.214. The largest absolute Gasteiger partial charge is 0.484 e. The zero-order chi connectivity index (χ0) is 15.4. The van der Waals surface area contributed by atoms with Crippen molar-refractivity contribution in [2.45, 2.75) is 13.0 Å². The van der Waals surface area contributed by atoms with Crippen LogP contribution in [0.1, 0.15) is 6.92 Å². The van der Waals surface area contributed by atoms with Gasteiger partial charge < -0.3 is 19.6 Å². The molecule has 1 atom stereocenters. The number of carbonyl (C=O) groups excluding carboxylic acids is 1. The minimum Gasteiger partial charge on any atom is -0.484 e. The zero-order valence-electron chi connectivity index (χ0n) is 11.2. The fourth-order valence-electron chi connectivity index (χ4n) is 1.62. The van der Waals surface area contributed by atoms with Crippen LogP contribution in [0.5, 0.6) is 5.75 Å². The predicted molar refractivity (Wildman–Crippen MR) is 73.2 cm³/mol. The van der Waals surface area contributed by atoms with E-state index in [1.807, 2.05) is 0 Å². The summed E-state index contributed by atoms with van der Waals surface area (Å²) in [7, 11) is 0. The van der Waals surface area contributed by atoms with E-state index < -0.39 is 23.5 Å². The Morgan fingerprint density at radius 2 is 2.05 bits per heavy atom. The van der Waals surface area contributed by atoms with Crippen LogP contribution >= 0.6 is 0 Å². The van der Waals surface area contributed by atoms with Crippen molar-refractivity contribution in [3.8, 4) is 5.75 Å². The number of rotatable bonds is 5. The van der Waals surface area contributed by atoms with Gasteiger partial charge in [-0.15, -0.1) is 0 Å². The number of carboxylic acids is 1. The van der Waals surface area contributed by atoms with Gasteiger partial charge in [-0.2, -0.15) is 0 Å². The highest BCUT2D eigenvalue weighted by Crippen LogP contribution is 2.19. The van der Waals surface area contributed by atoms with Crippen LogP contribution in [0.3, 0.4) is 0 Å². The lowest BCUT2D eigenvalue weighted by Crippen LogP contribution is -2.40. The van der Waals surface area contributed by atoms with E-state index in [1.165, 1.54) is 19.1 Å². The van der Waals surface area contributed by atoms with Crippen LogP contribution < -0.4 is 15.7 Å². The standard InChI is InChI=1S/C14H13NO6/c1-8(14(18)19)15-12(16)7-20-10-4-2-9-3-5-13(17)21-11(9)6-10/h2-6,8H,7H2,1H3,(H,15,16)(H,18,19)/t8-/m0/s1. The second-order valence-electron chi connectivity index (χ2n) is 4.37. The molecule has 0 radical (unpaired) electrons. The number of benzene rings is 1. The number of carboxylic acid groups (broad SMARTS) is 1. The Bertz CT molecular complexity index is 736. The first kappa shape index (κ1) is 14.6. The molecule has 2 rings (SSSR count). The highest BCUT2D eigenvalue weighted by molar-refractivity contribution is 5.84. The monoisotopic (exact) mass is 291 g/mol. The average Bonchev–Trinajstić information content (AvgIpc) is 2.44. The predicted octanol–water partition coefficient (Wildman–Crippen LogP) is 0.761. The Morgan fingerprint density at radius 3 is 2.76 bits per heavy atom. The van der Waals surface area contributed by atoms with Gasteiger partial charge in [0.05, 0.1) is 0 Å². The van der Waals surface area contributed by atoms with E-state index in [9.17, 15) is 14.4 Å². The topological polar surface area (TPSA) is 106 Å². The van der Waals surface area contributed by atoms with Gasteiger partial charge in [-0.1, -0.05) is 0 Å². The van der Waals surface area contributed by atoms with Crippen molar-refractivity contribution in [3.05, 3.63) is 40.8 Å². The van der Waals surface area contributed by atoms with E-state index in [1.54, 1.807) is 18.2 Å². The molecule has 1 amide bonds. The third kappa shape index (κ3) is 3.82. The lowest BCUT2D eigenvalue weighted by atomic mass is 10.2. The van der Waals surface area contributed by atoms with Crippen LogP contribution in [0.2, 0.25) is 0 Å². The quantitative estimate of drug-likeness (QED) is 0.788. The molecule has 1 heterocycles. The molecule has 21 heavy (non-hydrogen) atoms. The Kier molecular flexibility index (Phi) is 4.22. The van der Waals surface area contributed by atoms with Crippen LogP contribution in [-0.2, 0) is 9.59 Å². The number of fused-ring (bicyclic) bond motifs is 1. The van der Waals surface area contributed by atoms with Gasteiger partial charge in [0.15, 0.2) is 6.61 Å². The summed E-state index contributed by atoms with van der Waals surface area (Å²) in [4.78, 5) is 33.2. The molecule has 0 bridgehead atoms. The Morgan fingerprint density at radius 1 is 1.33 bits per heavy atom. The van der Waals surface area contributed by atoms with Crippen molar-refractivity contribution < 1.29 is 23.8 Å². The molecule has 2 N–H and O–H groups in total. The summed E-state index contributed by atoms with van der Waals surface area (Å²) in [5.74, 6) is -1.34. The number of aliphatic carboxylic acids is 1. The number of ether oxygens (including phenoxy) is 1. The van der Waals surface area contributed by atoms with Crippen molar-refractivity contribution in [3.63, 3.8) is 0 Å². The summed E-state index contributed by atoms with van der Waals surface area (Å²) >= 11 is 0. The lowest BCUT2D eigenvalue weighted by molar-refractivity contribution is -0.141. The third-order valence-electron chi connectivity index (χ3n) is 2.71. The van der Waals surface area contributed by atoms with Crippen molar-refractivity contribution >= 4 is 22.8 Å². The van der Waals surface area contributed by atoms with Gasteiger partial charge in [0.25, 0.3) is 5.91 Å². The first-order chi connectivity index (χ1) is 9.95. The molecule has 0 aliphatic rings. The van der Waals surface area contributed by atoms with Gasteiger partial charge in [0.1, 0.15) is 17.4 Å². The molecule has 0 saturated carbocycles. The number of amides is 1. The van der Waals surface area contributed by atoms with E-state index in [2.05, 4.69) is 5.32 Å². The number of carbonyl (C=O) groups is 2. The summed E-state index contributed by atoms with van der Waals surface area (Å²) in [5.41, 5.74) is -0.132. The van der Waals surface area contributed by atoms with E-state index in [0.29, 0.717) is 11.3 Å². The molecule has 0 spiro atoms. The van der Waals surface area contributed by atoms with Crippen molar-refractivity contribution in [1.82, 2.24) is 5.32 Å². The lowest BCUT2D eigenvalue weighted by Gasteiger charge is -2.10. The highest BCUT2D eigenvalue weighted by Gasteiger charge is 2.14. The summed E-state index contributed by atoms with van der Waals surface area (Å²) in [6.07, 6.45) is 0. The maximum atomic E-state index is 11.5. The molecule has 0 aliphatic carbocycles. The number of hydrogen-bond acceptors (Lipinski definition) is 5. The maximum Gasteiger partial charge on any atom is 0.336 e. The molecule has 1 aromatic heterocycles. The Balaban J connectivity index is 2.02. The van der Waals surface area contributed by atoms with Gasteiger partial charge in [0, 0.05) is 17.5 Å². The van der Waals surface area contributed by atoms with Crippen molar-refractivity contribution in [2.24, 2.45) is 0 Å². The molecule has 7 heteroatoms. The fourth-order valence-corrected chi connectivity index (χ4v) is 1.62. The van der Waals surface area contributed by atoms with E-state index in [4.69, 9.17) is 14.3 Å². The molecule has 2 aromatic rings. The zero-order valence-corrected chi connectivity index (χ0v) is 11.2. The second kappa shape index (κ2) is 6.08. The number of hydrogen-bond donors (Lipinski definition) is 2. The molecule has 1 aromatic carbocycles. The first-order valence-corrected chi connectivity index (χ1v) is 6.14. The Hall–Kier alpha value is -2.83. The minimum atomic E-state index is -1.13. The van der Waals surface area contributed by atoms with Crippen LogP contribution in [0, 0.1) is 0 Å². The minimum absolute atomic E-state index is 0.333. The van der Waals surface area contributed by atoms with Crippen LogP contribution in [0.15, 0.2) is 39.5 Å². The molecule has 0 unspecified atom stereocenters. The summed E-state index contributed by atoms with van der Waals surface area (Å²) in [5, 5.41) is 11.6. The molecular weight excluding hydrogens is 278 g/mol. The molecule has 0 aliphatic heterocycles. The summed E-state index contributed by atoms with van der Waals surface area (Å²) < 4.78 is 10.2. The molecular formula is C14H13NO6. The van der Waals surface area contributed by atoms with Crippen LogP contribution in [0.4, 0.5) is 0 Å². The van der Waals surface area contributed by atoms with E-state index >= 15 is 0 Å². The number of nitrogens with one attached hydrogen (secondary N) is 1. The first-order valence-electron chi connectivity index (χ1n) is 6.14. The Labute approximate surface area is 119 Å². The van der Waals surface area contributed by atoms with E-state index in [-0.39, 0.29) is 6.61 Å². The van der Waals surface area contributed by atoms with Gasteiger partial charge in [0.2, 0.25) is 0 Å². The normalized spacial score (nSPS) is 11.9. The summed E-state index contributed by atoms with van der Waals surface area (Å²) in [6.45, 7) is 1.02. The van der Waals surface area contributed by atoms with Gasteiger partial charge in [-0.25, -0.2) is 4.79 Å². The van der Waals surface area contributed by atoms with Crippen LogP contribution in [-0.4, -0.2) is 29.6 Å². The van der Waals surface area contributed by atoms with Crippen molar-refractivity contribution in [2.75, 3.05) is 6.61 Å². The van der Waals surface area contributed by atoms with Gasteiger partial charge in [-0.05, 0) is 25.1 Å². The second-order valence-corrected chi connectivity index (χ2v) is 4.37. The highest BCUT2D eigenvalue weighted by atomic mass is 16.5. The van der Waals surface area contributed by atoms with Gasteiger partial charge >= 0.3 is 11.6 Å². The molecule has 0 fully saturated rings. The maximum absolute atomic E-state index is 11.5. The molecule has 110 valence electrons. The SMILES string of the molecule is C[C@H](NC(=O)COc1ccc2ccc(=O)oc2c1)C(=O)O.